The molecule has 1 heterocycles. The highest BCUT2D eigenvalue weighted by molar-refractivity contribution is 7.15. The van der Waals surface area contributed by atoms with Gasteiger partial charge in [-0.05, 0) is 13.8 Å². The number of anilines is 1. The Morgan fingerprint density at radius 1 is 1.50 bits per heavy atom. The summed E-state index contributed by atoms with van der Waals surface area (Å²) < 4.78 is 4.70. The maximum Gasteiger partial charge on any atom is 0.328 e. The molecule has 0 aromatic carbocycles. The molecule has 0 saturated carbocycles. The van der Waals surface area contributed by atoms with Crippen LogP contribution in [0.15, 0.2) is 0 Å². The second-order valence-electron chi connectivity index (χ2n) is 3.61. The number of hydrogen-bond donors (Lipinski definition) is 3. The lowest BCUT2D eigenvalue weighted by Crippen LogP contribution is -2.45. The highest BCUT2D eigenvalue weighted by Crippen LogP contribution is 2.20. The molecule has 1 aromatic rings. The average Bonchev–Trinajstić information content (AvgIpc) is 2.57. The summed E-state index contributed by atoms with van der Waals surface area (Å²) in [6, 6.07) is -1.70. The molecule has 3 N–H and O–H groups in total. The molecule has 0 radical (unpaired) electrons. The fourth-order valence-electron chi connectivity index (χ4n) is 1.16. The average molecular weight is 273 g/mol. The predicted molar refractivity (Wildman–Crippen MR) is 67.0 cm³/mol. The van der Waals surface area contributed by atoms with E-state index in [4.69, 9.17) is 9.84 Å². The van der Waals surface area contributed by atoms with E-state index < -0.39 is 18.0 Å². The van der Waals surface area contributed by atoms with Crippen LogP contribution in [-0.4, -0.2) is 41.8 Å². The highest BCUT2D eigenvalue weighted by atomic mass is 32.1. The Labute approximate surface area is 108 Å². The van der Waals surface area contributed by atoms with Crippen LogP contribution in [0.1, 0.15) is 10.6 Å². The smallest absolute Gasteiger partial charge is 0.328 e. The van der Waals surface area contributed by atoms with Gasteiger partial charge in [0.05, 0.1) is 12.3 Å². The van der Waals surface area contributed by atoms with Gasteiger partial charge in [0.1, 0.15) is 0 Å². The van der Waals surface area contributed by atoms with Crippen molar-refractivity contribution >= 4 is 28.5 Å². The number of nitrogens with zero attached hydrogens (tertiary/aromatic N) is 1. The van der Waals surface area contributed by atoms with Crippen LogP contribution in [0.5, 0.6) is 0 Å². The molecule has 1 aromatic heterocycles. The Hall–Kier alpha value is -1.67. The van der Waals surface area contributed by atoms with Crippen molar-refractivity contribution in [3.05, 3.63) is 10.6 Å². The Balaban J connectivity index is 2.57. The van der Waals surface area contributed by atoms with Gasteiger partial charge in [0, 0.05) is 12.0 Å². The van der Waals surface area contributed by atoms with E-state index in [1.807, 2.05) is 13.8 Å². The van der Waals surface area contributed by atoms with Crippen molar-refractivity contribution in [3.8, 4) is 0 Å². The molecule has 0 saturated heterocycles. The van der Waals surface area contributed by atoms with Gasteiger partial charge in [-0.2, -0.15) is 0 Å². The van der Waals surface area contributed by atoms with Crippen LogP contribution in [0.4, 0.5) is 9.93 Å². The van der Waals surface area contributed by atoms with Crippen molar-refractivity contribution in [2.45, 2.75) is 19.9 Å². The van der Waals surface area contributed by atoms with Crippen molar-refractivity contribution in [2.24, 2.45) is 0 Å². The summed E-state index contributed by atoms with van der Waals surface area (Å²) in [5.41, 5.74) is 0.835. The molecular formula is C10H15N3O4S. The minimum atomic E-state index is -1.15. The number of aromatic nitrogens is 1. The van der Waals surface area contributed by atoms with Gasteiger partial charge < -0.3 is 15.2 Å². The van der Waals surface area contributed by atoms with Gasteiger partial charge in [0.25, 0.3) is 0 Å². The molecule has 0 aliphatic heterocycles. The molecular weight excluding hydrogens is 258 g/mol. The first-order chi connectivity index (χ1) is 8.43. The number of methoxy groups -OCH3 is 1. The summed E-state index contributed by atoms with van der Waals surface area (Å²) in [6.07, 6.45) is 0. The standard InChI is InChI=1S/C10H15N3O4S/c1-5-6(2)18-10(11-5)13-9(16)12-7(4-17-3)8(14)15/h7H,4H2,1-3H3,(H,14,15)(H2,11,12,13,16). The van der Waals surface area contributed by atoms with Crippen molar-refractivity contribution in [2.75, 3.05) is 19.0 Å². The number of hydrogen-bond acceptors (Lipinski definition) is 5. The van der Waals surface area contributed by atoms with Gasteiger partial charge in [-0.1, -0.05) is 0 Å². The van der Waals surface area contributed by atoms with E-state index >= 15 is 0 Å². The minimum Gasteiger partial charge on any atom is -0.480 e. The number of carbonyl (C=O) groups excluding carboxylic acids is 1. The molecule has 0 aliphatic rings. The number of ether oxygens (including phenoxy) is 1. The number of carbonyl (C=O) groups is 2. The van der Waals surface area contributed by atoms with Crippen molar-refractivity contribution in [3.63, 3.8) is 0 Å². The molecule has 1 unspecified atom stereocenters. The van der Waals surface area contributed by atoms with Crippen LogP contribution in [0.2, 0.25) is 0 Å². The van der Waals surface area contributed by atoms with E-state index in [0.29, 0.717) is 5.13 Å². The fourth-order valence-corrected chi connectivity index (χ4v) is 1.97. The third kappa shape index (κ3) is 3.97. The number of carboxylic acids is 1. The van der Waals surface area contributed by atoms with E-state index in [-0.39, 0.29) is 6.61 Å². The summed E-state index contributed by atoms with van der Waals surface area (Å²) in [7, 11) is 1.36. The summed E-state index contributed by atoms with van der Waals surface area (Å²) in [4.78, 5) is 27.5. The lowest BCUT2D eigenvalue weighted by atomic mass is 10.3. The van der Waals surface area contributed by atoms with E-state index in [1.54, 1.807) is 0 Å². The number of aliphatic carboxylic acids is 1. The minimum absolute atomic E-state index is 0.0985. The van der Waals surface area contributed by atoms with Gasteiger partial charge in [-0.15, -0.1) is 11.3 Å². The summed E-state index contributed by atoms with van der Waals surface area (Å²) in [5, 5.41) is 14.0. The fraction of sp³-hybridized carbons (Fsp3) is 0.500. The molecule has 2 amide bonds. The molecule has 18 heavy (non-hydrogen) atoms. The van der Waals surface area contributed by atoms with E-state index in [2.05, 4.69) is 15.6 Å². The molecule has 8 heteroatoms. The Morgan fingerprint density at radius 3 is 2.61 bits per heavy atom. The Bertz CT molecular complexity index is 427. The Kier molecular flexibility index (Phi) is 5.05. The molecule has 0 bridgehead atoms. The number of thiazole rings is 1. The zero-order valence-electron chi connectivity index (χ0n) is 10.3. The molecule has 0 spiro atoms. The molecule has 7 nitrogen and oxygen atoms in total. The van der Waals surface area contributed by atoms with Crippen LogP contribution < -0.4 is 10.6 Å². The molecule has 0 aliphatic carbocycles. The number of carboxylic acid groups (broad SMARTS) is 1. The first-order valence-electron chi connectivity index (χ1n) is 5.17. The lowest BCUT2D eigenvalue weighted by molar-refractivity contribution is -0.140. The summed E-state index contributed by atoms with van der Waals surface area (Å²) >= 11 is 1.33. The van der Waals surface area contributed by atoms with E-state index in [0.717, 1.165) is 10.6 Å². The number of amides is 2. The monoisotopic (exact) mass is 273 g/mol. The number of urea groups is 1. The summed E-state index contributed by atoms with van der Waals surface area (Å²) in [5.74, 6) is -1.15. The van der Waals surface area contributed by atoms with Gasteiger partial charge >= 0.3 is 12.0 Å². The zero-order valence-corrected chi connectivity index (χ0v) is 11.1. The normalized spacial score (nSPS) is 11.9. The molecule has 100 valence electrons. The van der Waals surface area contributed by atoms with E-state index in [1.165, 1.54) is 18.4 Å². The predicted octanol–water partition coefficient (Wildman–Crippen LogP) is 0.981. The van der Waals surface area contributed by atoms with Crippen LogP contribution in [-0.2, 0) is 9.53 Å². The second-order valence-corrected chi connectivity index (χ2v) is 4.81. The zero-order chi connectivity index (χ0) is 13.7. The lowest BCUT2D eigenvalue weighted by Gasteiger charge is -2.13. The topological polar surface area (TPSA) is 101 Å². The van der Waals surface area contributed by atoms with Crippen LogP contribution in [0.25, 0.3) is 0 Å². The quantitative estimate of drug-likeness (QED) is 0.742. The maximum atomic E-state index is 11.5. The van der Waals surface area contributed by atoms with Crippen LogP contribution >= 0.6 is 11.3 Å². The van der Waals surface area contributed by atoms with Gasteiger partial charge in [0.15, 0.2) is 11.2 Å². The number of aryl methyl sites for hydroxylation is 2. The Morgan fingerprint density at radius 2 is 2.17 bits per heavy atom. The molecule has 0 fully saturated rings. The highest BCUT2D eigenvalue weighted by Gasteiger charge is 2.20. The number of rotatable bonds is 5. The number of nitrogens with one attached hydrogen (secondary N) is 2. The van der Waals surface area contributed by atoms with E-state index in [9.17, 15) is 9.59 Å². The van der Waals surface area contributed by atoms with Crippen LogP contribution in [0, 0.1) is 13.8 Å². The van der Waals surface area contributed by atoms with Crippen molar-refractivity contribution in [1.82, 2.24) is 10.3 Å². The second kappa shape index (κ2) is 6.31. The first-order valence-corrected chi connectivity index (χ1v) is 5.99. The third-order valence-corrected chi connectivity index (χ3v) is 3.17. The molecule has 1 rings (SSSR count). The summed E-state index contributed by atoms with van der Waals surface area (Å²) in [6.45, 7) is 3.62. The van der Waals surface area contributed by atoms with Gasteiger partial charge in [-0.3, -0.25) is 5.32 Å². The van der Waals surface area contributed by atoms with Crippen molar-refractivity contribution in [1.29, 1.82) is 0 Å². The van der Waals surface area contributed by atoms with Crippen LogP contribution in [0.3, 0.4) is 0 Å². The van der Waals surface area contributed by atoms with Crippen molar-refractivity contribution < 1.29 is 19.4 Å². The van der Waals surface area contributed by atoms with Gasteiger partial charge in [-0.25, -0.2) is 14.6 Å². The third-order valence-electron chi connectivity index (χ3n) is 2.19. The maximum absolute atomic E-state index is 11.5. The first kappa shape index (κ1) is 14.4. The SMILES string of the molecule is COCC(NC(=O)Nc1nc(C)c(C)s1)C(=O)O. The van der Waals surface area contributed by atoms with Gasteiger partial charge in [0.2, 0.25) is 0 Å². The molecule has 1 atom stereocenters. The largest absolute Gasteiger partial charge is 0.480 e.